The van der Waals surface area contributed by atoms with E-state index in [-0.39, 0.29) is 37.7 Å². The molecule has 10 heteroatoms. The van der Waals surface area contributed by atoms with Crippen LogP contribution in [0.1, 0.15) is 42.9 Å². The maximum absolute atomic E-state index is 13.2. The Bertz CT molecular complexity index is 1200. The monoisotopic (exact) mass is 494 g/mol. The summed E-state index contributed by atoms with van der Waals surface area (Å²) in [4.78, 5) is 38.3. The fourth-order valence-electron chi connectivity index (χ4n) is 2.82. The minimum absolute atomic E-state index is 0.0645. The van der Waals surface area contributed by atoms with Gasteiger partial charge in [-0.25, -0.2) is 9.18 Å². The Morgan fingerprint density at radius 2 is 1.72 bits per heavy atom. The Balaban J connectivity index is 1.96. The summed E-state index contributed by atoms with van der Waals surface area (Å²) in [6.45, 7) is 3.33. The number of carbonyl (C=O) groups is 3. The van der Waals surface area contributed by atoms with E-state index in [1.807, 2.05) is 0 Å². The summed E-state index contributed by atoms with van der Waals surface area (Å²) in [5.41, 5.74) is 0.878. The molecule has 2 aromatic carbocycles. The molecule has 0 fully saturated rings. The van der Waals surface area contributed by atoms with Crippen LogP contribution in [0, 0.1) is 12.7 Å². The minimum atomic E-state index is -0.685. The second-order valence-electron chi connectivity index (χ2n) is 6.50. The third-order valence-corrected chi connectivity index (χ3v) is 6.39. The quantitative estimate of drug-likeness (QED) is 0.400. The molecular weight excluding hydrogens is 478 g/mol. The van der Waals surface area contributed by atoms with Crippen molar-refractivity contribution in [2.75, 3.05) is 17.2 Å². The average Bonchev–Trinajstić information content (AvgIpc) is 3.08. The molecule has 1 aromatic heterocycles. The maximum atomic E-state index is 13.2. The summed E-state index contributed by atoms with van der Waals surface area (Å²) in [5.74, 6) is -2.28. The Kier molecular flexibility index (Phi) is 7.50. The van der Waals surface area contributed by atoms with Crippen molar-refractivity contribution in [1.82, 2.24) is 0 Å². The van der Waals surface area contributed by atoms with Crippen molar-refractivity contribution in [2.24, 2.45) is 0 Å². The van der Waals surface area contributed by atoms with Crippen LogP contribution in [0.4, 0.5) is 15.1 Å². The number of benzene rings is 2. The molecule has 0 aliphatic heterocycles. The van der Waals surface area contributed by atoms with Gasteiger partial charge in [0, 0.05) is 5.56 Å². The van der Waals surface area contributed by atoms with E-state index < -0.39 is 23.6 Å². The Labute approximate surface area is 197 Å². The SMILES string of the molecule is CCOC(=O)c1c(NC(=O)c2ccc(F)cc2)sc(C(=O)Nc2cccc(Cl)c2Cl)c1C. The van der Waals surface area contributed by atoms with Crippen LogP contribution in [-0.2, 0) is 4.74 Å². The van der Waals surface area contributed by atoms with E-state index >= 15 is 0 Å². The number of thiophene rings is 1. The van der Waals surface area contributed by atoms with Gasteiger partial charge in [-0.1, -0.05) is 29.3 Å². The van der Waals surface area contributed by atoms with Crippen LogP contribution in [0.2, 0.25) is 10.0 Å². The first-order valence-corrected chi connectivity index (χ1v) is 10.9. The molecule has 0 aliphatic carbocycles. The lowest BCUT2D eigenvalue weighted by Gasteiger charge is -2.08. The lowest BCUT2D eigenvalue weighted by atomic mass is 10.1. The van der Waals surface area contributed by atoms with Crippen molar-refractivity contribution >= 4 is 63.0 Å². The topological polar surface area (TPSA) is 84.5 Å². The molecule has 1 heterocycles. The third-order valence-electron chi connectivity index (χ3n) is 4.37. The summed E-state index contributed by atoms with van der Waals surface area (Å²) >= 11 is 13.0. The first-order valence-electron chi connectivity index (χ1n) is 9.35. The van der Waals surface area contributed by atoms with E-state index in [1.54, 1.807) is 32.0 Å². The molecule has 6 nitrogen and oxygen atoms in total. The number of anilines is 2. The number of carbonyl (C=O) groups excluding carboxylic acids is 3. The van der Waals surface area contributed by atoms with Gasteiger partial charge in [0.25, 0.3) is 11.8 Å². The largest absolute Gasteiger partial charge is 0.462 e. The second kappa shape index (κ2) is 10.1. The van der Waals surface area contributed by atoms with E-state index in [1.165, 1.54) is 12.1 Å². The number of amides is 2. The molecule has 0 saturated heterocycles. The number of hydrogen-bond acceptors (Lipinski definition) is 5. The van der Waals surface area contributed by atoms with E-state index in [0.29, 0.717) is 11.3 Å². The van der Waals surface area contributed by atoms with Crippen molar-refractivity contribution in [2.45, 2.75) is 13.8 Å². The van der Waals surface area contributed by atoms with Gasteiger partial charge in [-0.3, -0.25) is 9.59 Å². The van der Waals surface area contributed by atoms with Crippen LogP contribution < -0.4 is 10.6 Å². The molecule has 32 heavy (non-hydrogen) atoms. The van der Waals surface area contributed by atoms with E-state index in [2.05, 4.69) is 10.6 Å². The van der Waals surface area contributed by atoms with Gasteiger partial charge in [-0.2, -0.15) is 0 Å². The highest BCUT2D eigenvalue weighted by molar-refractivity contribution is 7.19. The zero-order valence-electron chi connectivity index (χ0n) is 16.9. The molecule has 2 amide bonds. The molecule has 0 saturated carbocycles. The molecule has 166 valence electrons. The number of hydrogen-bond donors (Lipinski definition) is 2. The molecule has 0 aliphatic rings. The highest BCUT2D eigenvalue weighted by Gasteiger charge is 2.27. The fraction of sp³-hybridized carbons (Fsp3) is 0.136. The van der Waals surface area contributed by atoms with Crippen molar-refractivity contribution < 1.29 is 23.5 Å². The molecular formula is C22H17Cl2FN2O4S. The van der Waals surface area contributed by atoms with Crippen LogP contribution in [0.3, 0.4) is 0 Å². The van der Waals surface area contributed by atoms with Crippen LogP contribution in [-0.4, -0.2) is 24.4 Å². The van der Waals surface area contributed by atoms with Gasteiger partial charge in [0.05, 0.1) is 32.8 Å². The van der Waals surface area contributed by atoms with Crippen molar-refractivity contribution in [3.63, 3.8) is 0 Å². The van der Waals surface area contributed by atoms with Crippen LogP contribution in [0.15, 0.2) is 42.5 Å². The summed E-state index contributed by atoms with van der Waals surface area (Å²) < 4.78 is 18.3. The summed E-state index contributed by atoms with van der Waals surface area (Å²) in [6, 6.07) is 9.71. The van der Waals surface area contributed by atoms with Crippen molar-refractivity contribution in [3.05, 3.63) is 79.9 Å². The first kappa shape index (κ1) is 23.7. The number of esters is 1. The summed E-state index contributed by atoms with van der Waals surface area (Å²) in [7, 11) is 0. The smallest absolute Gasteiger partial charge is 0.341 e. The number of nitrogens with one attached hydrogen (secondary N) is 2. The Hall–Kier alpha value is -2.94. The molecule has 0 atom stereocenters. The predicted molar refractivity (Wildman–Crippen MR) is 124 cm³/mol. The number of ether oxygens (including phenoxy) is 1. The average molecular weight is 495 g/mol. The molecule has 0 bridgehead atoms. The minimum Gasteiger partial charge on any atom is -0.462 e. The van der Waals surface area contributed by atoms with Gasteiger partial charge >= 0.3 is 5.97 Å². The van der Waals surface area contributed by atoms with Gasteiger partial charge in [-0.15, -0.1) is 11.3 Å². The zero-order chi connectivity index (χ0) is 23.4. The van der Waals surface area contributed by atoms with Gasteiger partial charge < -0.3 is 15.4 Å². The van der Waals surface area contributed by atoms with Crippen LogP contribution in [0.25, 0.3) is 0 Å². The fourth-order valence-corrected chi connectivity index (χ4v) is 4.26. The lowest BCUT2D eigenvalue weighted by Crippen LogP contribution is -2.15. The molecule has 0 spiro atoms. The maximum Gasteiger partial charge on any atom is 0.341 e. The molecule has 2 N–H and O–H groups in total. The number of halogens is 3. The predicted octanol–water partition coefficient (Wildman–Crippen LogP) is 6.18. The normalized spacial score (nSPS) is 10.5. The molecule has 3 aromatic rings. The summed E-state index contributed by atoms with van der Waals surface area (Å²) in [6.07, 6.45) is 0. The van der Waals surface area contributed by atoms with E-state index in [4.69, 9.17) is 27.9 Å². The van der Waals surface area contributed by atoms with Crippen LogP contribution in [0.5, 0.6) is 0 Å². The van der Waals surface area contributed by atoms with Gasteiger partial charge in [-0.05, 0) is 55.8 Å². The second-order valence-corrected chi connectivity index (χ2v) is 8.30. The molecule has 0 radical (unpaired) electrons. The summed E-state index contributed by atoms with van der Waals surface area (Å²) in [5, 5.41) is 5.85. The van der Waals surface area contributed by atoms with Crippen molar-refractivity contribution in [3.8, 4) is 0 Å². The highest BCUT2D eigenvalue weighted by Crippen LogP contribution is 2.36. The van der Waals surface area contributed by atoms with Gasteiger partial charge in [0.15, 0.2) is 0 Å². The molecule has 0 unspecified atom stereocenters. The van der Waals surface area contributed by atoms with E-state index in [9.17, 15) is 18.8 Å². The third kappa shape index (κ3) is 5.09. The highest BCUT2D eigenvalue weighted by atomic mass is 35.5. The number of rotatable bonds is 6. The standard InChI is InChI=1S/C22H17Cl2FN2O4S/c1-3-31-22(30)16-11(2)18(20(29)26-15-6-4-5-14(23)17(15)24)32-21(16)27-19(28)12-7-9-13(25)10-8-12/h4-10H,3H2,1-2H3,(H,26,29)(H,27,28). The van der Waals surface area contributed by atoms with Crippen molar-refractivity contribution in [1.29, 1.82) is 0 Å². The first-order chi connectivity index (χ1) is 15.2. The zero-order valence-corrected chi connectivity index (χ0v) is 19.3. The molecule has 3 rings (SSSR count). The van der Waals surface area contributed by atoms with E-state index in [0.717, 1.165) is 23.5 Å². The Morgan fingerprint density at radius 1 is 1.03 bits per heavy atom. The Morgan fingerprint density at radius 3 is 2.38 bits per heavy atom. The van der Waals surface area contributed by atoms with Gasteiger partial charge in [0.2, 0.25) is 0 Å². The van der Waals surface area contributed by atoms with Crippen LogP contribution >= 0.6 is 34.5 Å². The lowest BCUT2D eigenvalue weighted by molar-refractivity contribution is 0.0527. The van der Waals surface area contributed by atoms with Gasteiger partial charge in [0.1, 0.15) is 10.8 Å².